The first-order valence-electron chi connectivity index (χ1n) is 12.3. The smallest absolute Gasteiger partial charge is 0.326 e. The van der Waals surface area contributed by atoms with Crippen LogP contribution in [-0.2, 0) is 9.59 Å². The molecule has 2 saturated carbocycles. The summed E-state index contributed by atoms with van der Waals surface area (Å²) in [7, 11) is 0. The van der Waals surface area contributed by atoms with Gasteiger partial charge in [0.25, 0.3) is 0 Å². The molecule has 2 fully saturated rings. The molecule has 2 aliphatic carbocycles. The lowest BCUT2D eigenvalue weighted by Crippen LogP contribution is -2.54. The van der Waals surface area contributed by atoms with E-state index in [2.05, 4.69) is 28.1 Å². The standard InChI is InChI=1S/C25H38N4O4/c26-14-8-7-13-20(24(31)32)28-25(33)29-22(15-17-9-3-1-4-10-17)23(30)27-21-16-19(21)18-11-5-2-6-12-18/h2,5-6,11-12,17,19-22H,1,3-4,7-10,13-16,26H2,(H,27,30)(H,31,32)(H2,28,29,33)/t19-,20+,21-,22?/m1/s1. The van der Waals surface area contributed by atoms with Gasteiger partial charge in [0.2, 0.25) is 5.91 Å². The third kappa shape index (κ3) is 8.03. The fourth-order valence-corrected chi connectivity index (χ4v) is 4.80. The van der Waals surface area contributed by atoms with Gasteiger partial charge in [-0.05, 0) is 50.1 Å². The van der Waals surface area contributed by atoms with Crippen molar-refractivity contribution in [3.05, 3.63) is 35.9 Å². The molecule has 0 aliphatic heterocycles. The van der Waals surface area contributed by atoms with E-state index in [4.69, 9.17) is 5.73 Å². The third-order valence-corrected chi connectivity index (χ3v) is 6.81. The minimum Gasteiger partial charge on any atom is -0.480 e. The highest BCUT2D eigenvalue weighted by Crippen LogP contribution is 2.40. The number of nitrogens with two attached hydrogens (primary N) is 1. The Morgan fingerprint density at radius 2 is 1.70 bits per heavy atom. The van der Waals surface area contributed by atoms with E-state index >= 15 is 0 Å². The van der Waals surface area contributed by atoms with Crippen LogP contribution in [-0.4, -0.2) is 47.7 Å². The van der Waals surface area contributed by atoms with E-state index in [0.29, 0.717) is 44.1 Å². The molecule has 8 heteroatoms. The molecule has 8 nitrogen and oxygen atoms in total. The van der Waals surface area contributed by atoms with Gasteiger partial charge in [-0.1, -0.05) is 62.4 Å². The van der Waals surface area contributed by atoms with Crippen LogP contribution in [0.3, 0.4) is 0 Å². The van der Waals surface area contributed by atoms with Crippen molar-refractivity contribution < 1.29 is 19.5 Å². The van der Waals surface area contributed by atoms with E-state index in [-0.39, 0.29) is 11.9 Å². The van der Waals surface area contributed by atoms with Crippen molar-refractivity contribution in [1.82, 2.24) is 16.0 Å². The molecule has 4 atom stereocenters. The minimum atomic E-state index is -1.08. The quantitative estimate of drug-likeness (QED) is 0.307. The van der Waals surface area contributed by atoms with Gasteiger partial charge in [-0.15, -0.1) is 0 Å². The van der Waals surface area contributed by atoms with Crippen LogP contribution in [0.15, 0.2) is 30.3 Å². The summed E-state index contributed by atoms with van der Waals surface area (Å²) in [5, 5.41) is 17.8. The number of carboxylic acid groups (broad SMARTS) is 1. The highest BCUT2D eigenvalue weighted by Gasteiger charge is 2.41. The Hall–Kier alpha value is -2.61. The van der Waals surface area contributed by atoms with Gasteiger partial charge in [-0.25, -0.2) is 9.59 Å². The molecule has 3 rings (SSSR count). The highest BCUT2D eigenvalue weighted by atomic mass is 16.4. The minimum absolute atomic E-state index is 0.0710. The molecule has 0 aromatic heterocycles. The summed E-state index contributed by atoms with van der Waals surface area (Å²) in [5.41, 5.74) is 6.69. The number of urea groups is 1. The zero-order chi connectivity index (χ0) is 23.6. The van der Waals surface area contributed by atoms with Crippen LogP contribution in [0, 0.1) is 5.92 Å². The SMILES string of the molecule is NCCCC[C@H](NC(=O)NC(CC1CCCCC1)C(=O)N[C@@H]1C[C@@H]1c1ccccc1)C(=O)O. The van der Waals surface area contributed by atoms with E-state index in [1.807, 2.05) is 18.2 Å². The van der Waals surface area contributed by atoms with Gasteiger partial charge in [0.05, 0.1) is 0 Å². The van der Waals surface area contributed by atoms with Crippen LogP contribution < -0.4 is 21.7 Å². The Bertz CT molecular complexity index is 782. The third-order valence-electron chi connectivity index (χ3n) is 6.81. The Labute approximate surface area is 196 Å². The van der Waals surface area contributed by atoms with Gasteiger partial charge in [0, 0.05) is 12.0 Å². The summed E-state index contributed by atoms with van der Waals surface area (Å²) < 4.78 is 0. The maximum absolute atomic E-state index is 13.1. The molecule has 6 N–H and O–H groups in total. The van der Waals surface area contributed by atoms with Gasteiger partial charge < -0.3 is 26.8 Å². The Morgan fingerprint density at radius 3 is 2.36 bits per heavy atom. The lowest BCUT2D eigenvalue weighted by atomic mass is 9.84. The molecule has 0 radical (unpaired) electrons. The van der Waals surface area contributed by atoms with E-state index in [1.165, 1.54) is 12.0 Å². The van der Waals surface area contributed by atoms with Crippen LogP contribution in [0.5, 0.6) is 0 Å². The molecule has 0 saturated heterocycles. The highest BCUT2D eigenvalue weighted by molar-refractivity contribution is 5.89. The molecule has 3 amide bonds. The van der Waals surface area contributed by atoms with Gasteiger partial charge in [-0.2, -0.15) is 0 Å². The Balaban J connectivity index is 1.57. The topological polar surface area (TPSA) is 134 Å². The molecule has 1 aromatic carbocycles. The predicted octanol–water partition coefficient (Wildman–Crippen LogP) is 2.88. The van der Waals surface area contributed by atoms with E-state index in [1.54, 1.807) is 0 Å². The average Bonchev–Trinajstić information content (AvgIpc) is 3.58. The van der Waals surface area contributed by atoms with Crippen LogP contribution in [0.1, 0.15) is 75.7 Å². The number of rotatable bonds is 12. The zero-order valence-corrected chi connectivity index (χ0v) is 19.3. The van der Waals surface area contributed by atoms with E-state index < -0.39 is 24.1 Å². The second-order valence-electron chi connectivity index (χ2n) is 9.45. The molecule has 33 heavy (non-hydrogen) atoms. The van der Waals surface area contributed by atoms with E-state index in [0.717, 1.165) is 32.1 Å². The summed E-state index contributed by atoms with van der Waals surface area (Å²) >= 11 is 0. The second-order valence-corrected chi connectivity index (χ2v) is 9.45. The van der Waals surface area contributed by atoms with Gasteiger partial charge in [-0.3, -0.25) is 4.79 Å². The number of benzene rings is 1. The number of carboxylic acids is 1. The number of aliphatic carboxylic acids is 1. The van der Waals surface area contributed by atoms with Crippen molar-refractivity contribution in [2.24, 2.45) is 11.7 Å². The Morgan fingerprint density at radius 1 is 1.00 bits per heavy atom. The zero-order valence-electron chi connectivity index (χ0n) is 19.3. The maximum atomic E-state index is 13.1. The number of hydrogen-bond donors (Lipinski definition) is 5. The molecule has 0 bridgehead atoms. The Kier molecular flexibility index (Phi) is 9.54. The fourth-order valence-electron chi connectivity index (χ4n) is 4.80. The molecule has 182 valence electrons. The molecule has 1 unspecified atom stereocenters. The van der Waals surface area contributed by atoms with Crippen LogP contribution in [0.4, 0.5) is 4.79 Å². The van der Waals surface area contributed by atoms with Crippen LogP contribution in [0.25, 0.3) is 0 Å². The van der Waals surface area contributed by atoms with Crippen LogP contribution >= 0.6 is 0 Å². The fraction of sp³-hybridized carbons (Fsp3) is 0.640. The monoisotopic (exact) mass is 458 g/mol. The van der Waals surface area contributed by atoms with Crippen LogP contribution in [0.2, 0.25) is 0 Å². The summed E-state index contributed by atoms with van der Waals surface area (Å²) in [5.74, 6) is -0.578. The summed E-state index contributed by atoms with van der Waals surface area (Å²) in [4.78, 5) is 37.3. The number of carbonyl (C=O) groups excluding carboxylic acids is 2. The first-order valence-corrected chi connectivity index (χ1v) is 12.3. The molecule has 0 heterocycles. The van der Waals surface area contributed by atoms with Crippen molar-refractivity contribution in [2.45, 2.75) is 88.3 Å². The normalized spacial score (nSPS) is 22.1. The van der Waals surface area contributed by atoms with Gasteiger partial charge in [0.1, 0.15) is 12.1 Å². The first kappa shape index (κ1) is 25.0. The predicted molar refractivity (Wildman–Crippen MR) is 127 cm³/mol. The molecular weight excluding hydrogens is 420 g/mol. The average molecular weight is 459 g/mol. The number of carbonyl (C=O) groups is 3. The van der Waals surface area contributed by atoms with Gasteiger partial charge in [0.15, 0.2) is 0 Å². The number of amides is 3. The maximum Gasteiger partial charge on any atom is 0.326 e. The van der Waals surface area contributed by atoms with Crippen molar-refractivity contribution in [2.75, 3.05) is 6.54 Å². The van der Waals surface area contributed by atoms with Gasteiger partial charge >= 0.3 is 12.0 Å². The van der Waals surface area contributed by atoms with E-state index in [9.17, 15) is 19.5 Å². The van der Waals surface area contributed by atoms with Crippen molar-refractivity contribution in [3.8, 4) is 0 Å². The number of hydrogen-bond acceptors (Lipinski definition) is 4. The number of unbranched alkanes of at least 4 members (excludes halogenated alkanes) is 1. The summed E-state index contributed by atoms with van der Waals surface area (Å²) in [6.45, 7) is 0.479. The van der Waals surface area contributed by atoms with Crippen molar-refractivity contribution in [3.63, 3.8) is 0 Å². The second kappa shape index (κ2) is 12.6. The number of nitrogens with one attached hydrogen (secondary N) is 3. The summed E-state index contributed by atoms with van der Waals surface area (Å²) in [6, 6.07) is 7.89. The lowest BCUT2D eigenvalue weighted by molar-refractivity contribution is -0.139. The van der Waals surface area contributed by atoms with Crippen molar-refractivity contribution in [1.29, 1.82) is 0 Å². The molecule has 0 spiro atoms. The first-order chi connectivity index (χ1) is 16.0. The summed E-state index contributed by atoms with van der Waals surface area (Å²) in [6.07, 6.45) is 8.70. The molecule has 1 aromatic rings. The lowest BCUT2D eigenvalue weighted by Gasteiger charge is -2.27. The molecule has 2 aliphatic rings. The largest absolute Gasteiger partial charge is 0.480 e. The molecular formula is C25H38N4O4. The van der Waals surface area contributed by atoms with Crippen molar-refractivity contribution >= 4 is 17.9 Å².